The minimum atomic E-state index is -0.0797. The molecule has 46 heavy (non-hydrogen) atoms. The van der Waals surface area contributed by atoms with E-state index in [2.05, 4.69) is 165 Å². The van der Waals surface area contributed by atoms with Crippen LogP contribution in [0.2, 0.25) is 0 Å². The van der Waals surface area contributed by atoms with Gasteiger partial charge in [-0.2, -0.15) is 0 Å². The maximum absolute atomic E-state index is 7.03. The van der Waals surface area contributed by atoms with Crippen LogP contribution in [0.25, 0.3) is 21.5 Å². The Balaban J connectivity index is 1.36. The molecule has 0 N–H and O–H groups in total. The Morgan fingerprint density at radius 2 is 1.02 bits per heavy atom. The van der Waals surface area contributed by atoms with Crippen molar-refractivity contribution in [3.63, 3.8) is 0 Å². The molecular weight excluding hydrogens is 561 g/mol. The van der Waals surface area contributed by atoms with Gasteiger partial charge >= 0.3 is 0 Å². The summed E-state index contributed by atoms with van der Waals surface area (Å²) in [6, 6.07) is 49.7. The summed E-state index contributed by atoms with van der Waals surface area (Å²) < 4.78 is 13.8. The van der Waals surface area contributed by atoms with Crippen molar-refractivity contribution in [2.24, 2.45) is 0 Å². The Morgan fingerprint density at radius 1 is 0.500 bits per heavy atom. The Hall–Kier alpha value is -5.48. The molecule has 0 fully saturated rings. The molecule has 0 saturated heterocycles. The maximum Gasteiger partial charge on any atom is 0.261 e. The number of hydrogen-bond donors (Lipinski definition) is 0. The molecule has 0 radical (unpaired) electrons. The number of benzene rings is 7. The highest BCUT2D eigenvalue weighted by Crippen LogP contribution is 2.45. The van der Waals surface area contributed by atoms with Crippen molar-refractivity contribution >= 4 is 61.7 Å². The van der Waals surface area contributed by atoms with E-state index in [-0.39, 0.29) is 12.1 Å². The second kappa shape index (κ2) is 10.0. The molecule has 7 aromatic rings. The summed E-state index contributed by atoms with van der Waals surface area (Å²) in [5, 5.41) is 4.72. The fourth-order valence-electron chi connectivity index (χ4n) is 7.23. The average molecular weight is 594 g/mol. The van der Waals surface area contributed by atoms with Gasteiger partial charge in [0.1, 0.15) is 23.0 Å². The van der Waals surface area contributed by atoms with E-state index in [1.165, 1.54) is 38.0 Å². The first kappa shape index (κ1) is 26.9. The molecule has 2 aliphatic heterocycles. The molecular formula is C42H32BNO2. The van der Waals surface area contributed by atoms with Gasteiger partial charge in [0.15, 0.2) is 0 Å². The van der Waals surface area contributed by atoms with Crippen LogP contribution in [-0.2, 0) is 5.41 Å². The number of anilines is 3. The number of rotatable bonds is 3. The van der Waals surface area contributed by atoms with Crippen LogP contribution in [0.4, 0.5) is 17.1 Å². The lowest BCUT2D eigenvalue weighted by atomic mass is 9.34. The zero-order valence-corrected chi connectivity index (χ0v) is 26.1. The van der Waals surface area contributed by atoms with Crippen LogP contribution < -0.4 is 30.8 Å². The molecule has 4 heteroatoms. The second-order valence-corrected chi connectivity index (χ2v) is 13.4. The zero-order chi connectivity index (χ0) is 31.0. The van der Waals surface area contributed by atoms with Gasteiger partial charge in [0.05, 0.1) is 5.69 Å². The molecule has 0 aromatic heterocycles. The molecule has 2 heterocycles. The van der Waals surface area contributed by atoms with Crippen LogP contribution in [0.5, 0.6) is 23.0 Å². The number of ether oxygens (including phenoxy) is 2. The van der Waals surface area contributed by atoms with Gasteiger partial charge in [0.25, 0.3) is 6.71 Å². The largest absolute Gasteiger partial charge is 0.458 e. The predicted octanol–water partition coefficient (Wildman–Crippen LogP) is 9.49. The van der Waals surface area contributed by atoms with Crippen LogP contribution in [0.15, 0.2) is 140 Å². The third-order valence-electron chi connectivity index (χ3n) is 9.47. The van der Waals surface area contributed by atoms with Crippen molar-refractivity contribution in [1.82, 2.24) is 0 Å². The number of hydrogen-bond acceptors (Lipinski definition) is 3. The smallest absolute Gasteiger partial charge is 0.261 e. The molecule has 0 amide bonds. The third-order valence-corrected chi connectivity index (χ3v) is 9.47. The highest BCUT2D eigenvalue weighted by atomic mass is 16.5. The minimum absolute atomic E-state index is 0.0445. The maximum atomic E-state index is 7.03. The molecule has 7 aromatic carbocycles. The summed E-state index contributed by atoms with van der Waals surface area (Å²) in [5.41, 5.74) is 7.81. The minimum Gasteiger partial charge on any atom is -0.458 e. The van der Waals surface area contributed by atoms with Crippen molar-refractivity contribution in [3.05, 3.63) is 145 Å². The summed E-state index contributed by atoms with van der Waals surface area (Å²) in [7, 11) is 0. The number of nitrogens with zero attached hydrogens (tertiary/aromatic N) is 1. The van der Waals surface area contributed by atoms with E-state index in [1.54, 1.807) is 0 Å². The van der Waals surface area contributed by atoms with E-state index in [4.69, 9.17) is 9.47 Å². The highest BCUT2D eigenvalue weighted by molar-refractivity contribution is 6.99. The summed E-state index contributed by atoms with van der Waals surface area (Å²) >= 11 is 0. The van der Waals surface area contributed by atoms with Crippen molar-refractivity contribution < 1.29 is 9.47 Å². The summed E-state index contributed by atoms with van der Waals surface area (Å²) in [6.45, 7) is 6.67. The lowest BCUT2D eigenvalue weighted by molar-refractivity contribution is 0.459. The number of fused-ring (bicyclic) bond motifs is 7. The second-order valence-electron chi connectivity index (χ2n) is 13.4. The average Bonchev–Trinajstić information content (AvgIpc) is 3.08. The van der Waals surface area contributed by atoms with Crippen molar-refractivity contribution in [2.75, 3.05) is 4.90 Å². The van der Waals surface area contributed by atoms with E-state index < -0.39 is 0 Å². The molecule has 3 nitrogen and oxygen atoms in total. The third kappa shape index (κ3) is 4.14. The van der Waals surface area contributed by atoms with Crippen LogP contribution in [-0.4, -0.2) is 6.71 Å². The SMILES string of the molecule is CC(C)(C)c1cc2c3c(c1)Oc1cc(N(c4ccccc4)c4ccccc4)c4ccccc4c1B3c1cc3ccccc3cc1O2. The van der Waals surface area contributed by atoms with E-state index >= 15 is 0 Å². The first-order chi connectivity index (χ1) is 22.4. The molecule has 0 aliphatic carbocycles. The van der Waals surface area contributed by atoms with Gasteiger partial charge in [-0.25, -0.2) is 0 Å². The summed E-state index contributed by atoms with van der Waals surface area (Å²) in [4.78, 5) is 2.34. The highest BCUT2D eigenvalue weighted by Gasteiger charge is 2.42. The Bertz CT molecular complexity index is 2270. The van der Waals surface area contributed by atoms with Crippen LogP contribution in [0, 0.1) is 0 Å². The van der Waals surface area contributed by atoms with Gasteiger partial charge in [-0.3, -0.25) is 0 Å². The van der Waals surface area contributed by atoms with Crippen molar-refractivity contribution in [3.8, 4) is 23.0 Å². The fourth-order valence-corrected chi connectivity index (χ4v) is 7.23. The number of para-hydroxylation sites is 2. The topological polar surface area (TPSA) is 21.7 Å². The molecule has 0 unspecified atom stereocenters. The standard InChI is InChI=1S/C42H32BNO2/c1-42(2,3)29-24-37-41-38(25-29)46-39-26-35(44(30-16-6-4-7-17-30)31-18-8-5-9-19-31)32-20-12-13-21-33(32)40(39)43(41)34-22-27-14-10-11-15-28(27)23-36(34)45-37/h4-26H,1-3H3. The van der Waals surface area contributed by atoms with Crippen LogP contribution >= 0.6 is 0 Å². The Labute approximate surface area is 269 Å². The van der Waals surface area contributed by atoms with Gasteiger partial charge < -0.3 is 14.4 Å². The first-order valence-electron chi connectivity index (χ1n) is 16.0. The van der Waals surface area contributed by atoms with Gasteiger partial charge in [0, 0.05) is 28.3 Å². The van der Waals surface area contributed by atoms with Crippen molar-refractivity contribution in [1.29, 1.82) is 0 Å². The zero-order valence-electron chi connectivity index (χ0n) is 26.1. The van der Waals surface area contributed by atoms with Gasteiger partial charge in [0.2, 0.25) is 0 Å². The Morgan fingerprint density at radius 3 is 1.65 bits per heavy atom. The fraction of sp³-hybridized carbons (Fsp3) is 0.0952. The van der Waals surface area contributed by atoms with Crippen LogP contribution in [0.3, 0.4) is 0 Å². The van der Waals surface area contributed by atoms with Gasteiger partial charge in [-0.15, -0.1) is 0 Å². The van der Waals surface area contributed by atoms with Gasteiger partial charge in [-0.1, -0.05) is 112 Å². The predicted molar refractivity (Wildman–Crippen MR) is 193 cm³/mol. The van der Waals surface area contributed by atoms with E-state index in [0.717, 1.165) is 45.5 Å². The molecule has 0 atom stereocenters. The molecule has 0 spiro atoms. The Kier molecular flexibility index (Phi) is 5.85. The monoisotopic (exact) mass is 593 g/mol. The lowest BCUT2D eigenvalue weighted by Gasteiger charge is -2.36. The van der Waals surface area contributed by atoms with E-state index in [0.29, 0.717) is 0 Å². The molecule has 9 rings (SSSR count). The molecule has 2 aliphatic rings. The quantitative estimate of drug-likeness (QED) is 0.191. The van der Waals surface area contributed by atoms with E-state index in [1.807, 2.05) is 0 Å². The first-order valence-corrected chi connectivity index (χ1v) is 16.0. The van der Waals surface area contributed by atoms with Crippen LogP contribution in [0.1, 0.15) is 26.3 Å². The molecule has 0 saturated carbocycles. The summed E-state index contributed by atoms with van der Waals surface area (Å²) in [5.74, 6) is 3.53. The molecule has 220 valence electrons. The summed E-state index contributed by atoms with van der Waals surface area (Å²) in [6.07, 6.45) is 0. The van der Waals surface area contributed by atoms with Crippen molar-refractivity contribution in [2.45, 2.75) is 26.2 Å². The normalized spacial score (nSPS) is 13.0. The van der Waals surface area contributed by atoms with E-state index in [9.17, 15) is 0 Å². The molecule has 0 bridgehead atoms. The van der Waals surface area contributed by atoms with Gasteiger partial charge in [-0.05, 0) is 80.5 Å². The lowest BCUT2D eigenvalue weighted by Crippen LogP contribution is -2.57.